The Hall–Kier alpha value is -4.10. The van der Waals surface area contributed by atoms with Crippen LogP contribution in [0.4, 0.5) is 17.1 Å². The van der Waals surface area contributed by atoms with E-state index in [0.29, 0.717) is 42.3 Å². The summed E-state index contributed by atoms with van der Waals surface area (Å²) < 4.78 is 0. The number of nitrogens with zero attached hydrogens (tertiary/aromatic N) is 2. The first-order valence-electron chi connectivity index (χ1n) is 18.1. The molecular formula is C38H50N6O6. The number of aliphatic hydroxyl groups excluding tert-OH is 1. The second-order valence-corrected chi connectivity index (χ2v) is 14.1. The molecule has 4 aliphatic rings. The van der Waals surface area contributed by atoms with Crippen LogP contribution in [-0.2, 0) is 31.3 Å². The number of fused-ring (bicyclic) bond motifs is 1. The van der Waals surface area contributed by atoms with E-state index in [2.05, 4.69) is 21.3 Å². The molecule has 0 spiro atoms. The third kappa shape index (κ3) is 7.63. The van der Waals surface area contributed by atoms with E-state index in [-0.39, 0.29) is 55.2 Å². The van der Waals surface area contributed by atoms with Gasteiger partial charge in [-0.25, -0.2) is 0 Å². The third-order valence-electron chi connectivity index (χ3n) is 10.7. The number of hydrogen-bond acceptors (Lipinski definition) is 8. The highest BCUT2D eigenvalue weighted by Crippen LogP contribution is 2.47. The lowest BCUT2D eigenvalue weighted by Crippen LogP contribution is -2.44. The average molecular weight is 687 g/mol. The van der Waals surface area contributed by atoms with Gasteiger partial charge in [-0.15, -0.1) is 0 Å². The Balaban J connectivity index is 1.24. The minimum absolute atomic E-state index is 0.0411. The number of amides is 4. The zero-order valence-electron chi connectivity index (χ0n) is 28.8. The minimum atomic E-state index is -1.97. The van der Waals surface area contributed by atoms with Crippen LogP contribution in [0.5, 0.6) is 0 Å². The molecule has 4 aliphatic heterocycles. The molecule has 12 nitrogen and oxygen atoms in total. The van der Waals surface area contributed by atoms with Crippen molar-refractivity contribution in [3.8, 4) is 0 Å². The van der Waals surface area contributed by atoms with Crippen molar-refractivity contribution in [2.24, 2.45) is 17.8 Å². The molecule has 6 rings (SSSR count). The fourth-order valence-corrected chi connectivity index (χ4v) is 7.74. The van der Waals surface area contributed by atoms with E-state index in [9.17, 15) is 29.4 Å². The number of aliphatic hydroxyl groups is 2. The van der Waals surface area contributed by atoms with E-state index in [4.69, 9.17) is 0 Å². The number of piperidine rings is 2. The molecule has 268 valence electrons. The summed E-state index contributed by atoms with van der Waals surface area (Å²) in [6, 6.07) is 12.4. The maximum Gasteiger partial charge on any atom is 0.264 e. The van der Waals surface area contributed by atoms with Crippen LogP contribution in [0.15, 0.2) is 54.6 Å². The monoisotopic (exact) mass is 686 g/mol. The number of anilines is 3. The van der Waals surface area contributed by atoms with Crippen molar-refractivity contribution in [1.29, 1.82) is 0 Å². The van der Waals surface area contributed by atoms with Crippen molar-refractivity contribution in [3.05, 3.63) is 65.7 Å². The van der Waals surface area contributed by atoms with E-state index in [1.165, 1.54) is 0 Å². The summed E-state index contributed by atoms with van der Waals surface area (Å²) in [4.78, 5) is 56.5. The lowest BCUT2D eigenvalue weighted by Gasteiger charge is -2.28. The van der Waals surface area contributed by atoms with Gasteiger partial charge in [0.15, 0.2) is 5.60 Å². The van der Waals surface area contributed by atoms with Crippen LogP contribution in [0.3, 0.4) is 0 Å². The van der Waals surface area contributed by atoms with Crippen molar-refractivity contribution >= 4 is 40.7 Å². The number of nitrogens with one attached hydrogen (secondary N) is 4. The summed E-state index contributed by atoms with van der Waals surface area (Å²) in [7, 11) is 0. The van der Waals surface area contributed by atoms with Crippen LogP contribution in [-0.4, -0.2) is 84.1 Å². The minimum Gasteiger partial charge on any atom is -0.394 e. The smallest absolute Gasteiger partial charge is 0.264 e. The Kier molecular flexibility index (Phi) is 11.3. The average Bonchev–Trinajstić information content (AvgIpc) is 3.70. The zero-order chi connectivity index (χ0) is 35.3. The van der Waals surface area contributed by atoms with Gasteiger partial charge in [-0.05, 0) is 87.5 Å². The van der Waals surface area contributed by atoms with Crippen LogP contribution in [0.25, 0.3) is 0 Å². The Morgan fingerprint density at radius 1 is 0.960 bits per heavy atom. The quantitative estimate of drug-likeness (QED) is 0.197. The van der Waals surface area contributed by atoms with Crippen molar-refractivity contribution in [3.63, 3.8) is 0 Å². The van der Waals surface area contributed by atoms with Gasteiger partial charge in [0.05, 0.1) is 36.7 Å². The lowest BCUT2D eigenvalue weighted by atomic mass is 9.82. The molecule has 2 aromatic rings. The maximum absolute atomic E-state index is 14.3. The molecule has 12 heteroatoms. The van der Waals surface area contributed by atoms with Crippen molar-refractivity contribution in [1.82, 2.24) is 15.5 Å². The molecule has 2 unspecified atom stereocenters. The second kappa shape index (κ2) is 15.8. The first kappa shape index (κ1) is 35.7. The van der Waals surface area contributed by atoms with Crippen LogP contribution in [0, 0.1) is 17.8 Å². The highest BCUT2D eigenvalue weighted by atomic mass is 16.3. The number of carbonyl (C=O) groups is 4. The molecule has 0 aliphatic carbocycles. The molecule has 50 heavy (non-hydrogen) atoms. The first-order chi connectivity index (χ1) is 24.2. The van der Waals surface area contributed by atoms with Gasteiger partial charge in [0, 0.05) is 48.9 Å². The molecule has 0 aromatic heterocycles. The van der Waals surface area contributed by atoms with E-state index >= 15 is 0 Å². The van der Waals surface area contributed by atoms with Gasteiger partial charge in [0.1, 0.15) is 0 Å². The van der Waals surface area contributed by atoms with Crippen molar-refractivity contribution < 1.29 is 29.4 Å². The van der Waals surface area contributed by atoms with Crippen molar-refractivity contribution in [2.45, 2.75) is 70.1 Å². The van der Waals surface area contributed by atoms with Gasteiger partial charge in [-0.2, -0.15) is 0 Å². The summed E-state index contributed by atoms with van der Waals surface area (Å²) in [6.07, 6.45) is 8.57. The van der Waals surface area contributed by atoms with Gasteiger partial charge < -0.3 is 41.3 Å². The van der Waals surface area contributed by atoms with Gasteiger partial charge in [-0.1, -0.05) is 31.2 Å². The van der Waals surface area contributed by atoms with Gasteiger partial charge >= 0.3 is 0 Å². The molecule has 3 saturated heterocycles. The summed E-state index contributed by atoms with van der Waals surface area (Å²) in [5.74, 6) is -1.77. The number of rotatable bonds is 11. The van der Waals surface area contributed by atoms with Gasteiger partial charge in [-0.3, -0.25) is 19.2 Å². The van der Waals surface area contributed by atoms with E-state index < -0.39 is 17.4 Å². The van der Waals surface area contributed by atoms with Gasteiger partial charge in [0.2, 0.25) is 17.7 Å². The molecule has 2 aromatic carbocycles. The highest BCUT2D eigenvalue weighted by molar-refractivity contribution is 6.08. The van der Waals surface area contributed by atoms with Crippen molar-refractivity contribution in [2.75, 3.05) is 54.9 Å². The summed E-state index contributed by atoms with van der Waals surface area (Å²) in [5, 5.41) is 34.6. The largest absolute Gasteiger partial charge is 0.394 e. The number of carbonyl (C=O) groups excluding carboxylic acids is 4. The molecule has 6 N–H and O–H groups in total. The van der Waals surface area contributed by atoms with Crippen LogP contribution < -0.4 is 26.2 Å². The standard InChI is InChI=1S/C38H50N6O6/c1-25(7-2-13-34(46)43-18-6-12-31(43)24-45)38(50)32-20-30(42-36(48)28-10-5-17-40-22-28)14-15-33(32)44(37(38)49)23-26-8-3-11-29(19-26)41-35(47)27-9-4-16-39-21-27/h2-3,7-8,11,14-15,19-20,25,27-28,31,39-40,45,50H,4-6,9-10,12-13,16-18,21-24H2,1H3,(H,41,47)(H,42,48)/b7-2+/t25-,27?,28?,31-,38+/m0/s1. The molecule has 4 heterocycles. The highest BCUT2D eigenvalue weighted by Gasteiger charge is 2.52. The number of hydrogen-bond donors (Lipinski definition) is 6. The Morgan fingerprint density at radius 3 is 2.28 bits per heavy atom. The maximum atomic E-state index is 14.3. The molecular weight excluding hydrogens is 636 g/mol. The zero-order valence-corrected chi connectivity index (χ0v) is 28.8. The number of likely N-dealkylation sites (tertiary alicyclic amines) is 1. The molecule has 0 radical (unpaired) electrons. The summed E-state index contributed by atoms with van der Waals surface area (Å²) in [5.41, 5.74) is 0.829. The Labute approximate surface area is 293 Å². The van der Waals surface area contributed by atoms with E-state index in [1.807, 2.05) is 24.3 Å². The lowest BCUT2D eigenvalue weighted by molar-refractivity contribution is -0.139. The SMILES string of the molecule is C[C@@H](/C=C/CC(=O)N1CCC[C@H]1CO)[C@]1(O)C(=O)N(Cc2cccc(NC(=O)C3CCCNC3)c2)c2ccc(NC(=O)C3CCCNC3)cc21. The van der Waals surface area contributed by atoms with E-state index in [1.54, 1.807) is 47.1 Å². The fraction of sp³-hybridized carbons (Fsp3) is 0.526. The molecule has 3 fully saturated rings. The normalized spacial score (nSPS) is 25.8. The van der Waals surface area contributed by atoms with Gasteiger partial charge in [0.25, 0.3) is 5.91 Å². The van der Waals surface area contributed by atoms with E-state index in [0.717, 1.165) is 57.2 Å². The Morgan fingerprint density at radius 2 is 1.64 bits per heavy atom. The summed E-state index contributed by atoms with van der Waals surface area (Å²) in [6.45, 7) is 5.47. The molecule has 0 bridgehead atoms. The van der Waals surface area contributed by atoms with Crippen LogP contribution >= 0.6 is 0 Å². The molecule has 4 amide bonds. The predicted octanol–water partition coefficient (Wildman–Crippen LogP) is 2.86. The number of benzene rings is 2. The fourth-order valence-electron chi connectivity index (χ4n) is 7.74. The predicted molar refractivity (Wildman–Crippen MR) is 191 cm³/mol. The Bertz CT molecular complexity index is 1600. The second-order valence-electron chi connectivity index (χ2n) is 14.1. The first-order valence-corrected chi connectivity index (χ1v) is 18.1. The molecule has 5 atom stereocenters. The molecule has 0 saturated carbocycles. The van der Waals surface area contributed by atoms with Crippen LogP contribution in [0.1, 0.15) is 63.0 Å². The van der Waals surface area contributed by atoms with Crippen LogP contribution in [0.2, 0.25) is 0 Å². The third-order valence-corrected chi connectivity index (χ3v) is 10.7. The topological polar surface area (TPSA) is 163 Å². The summed E-state index contributed by atoms with van der Waals surface area (Å²) >= 11 is 0.